The smallest absolute Gasteiger partial charge is 0.143 e. The van der Waals surface area contributed by atoms with Gasteiger partial charge in [0.1, 0.15) is 24.0 Å². The second-order valence-corrected chi connectivity index (χ2v) is 3.91. The fraction of sp³-hybridized carbons (Fsp3) is 0.385. The zero-order valence-corrected chi connectivity index (χ0v) is 9.32. The molecule has 2 rings (SSSR count). The lowest BCUT2D eigenvalue weighted by Gasteiger charge is -2.18. The van der Waals surface area contributed by atoms with Gasteiger partial charge in [-0.1, -0.05) is 23.8 Å². The first-order chi connectivity index (χ1) is 7.88. The third-order valence-corrected chi connectivity index (χ3v) is 2.55. The van der Waals surface area contributed by atoms with Crippen molar-refractivity contribution in [1.82, 2.24) is 0 Å². The van der Waals surface area contributed by atoms with Crippen LogP contribution in [-0.2, 0) is 9.47 Å². The summed E-state index contributed by atoms with van der Waals surface area (Å²) >= 11 is 0. The SMILES string of the molecule is NCCC1=COC=C(CC2=CC=CCC2)O1. The highest BCUT2D eigenvalue weighted by Crippen LogP contribution is 2.25. The molecule has 0 aromatic heterocycles. The molecule has 0 unspecified atom stereocenters. The molecule has 3 heteroatoms. The lowest BCUT2D eigenvalue weighted by molar-refractivity contribution is 0.208. The van der Waals surface area contributed by atoms with Crippen LogP contribution in [0.2, 0.25) is 0 Å². The van der Waals surface area contributed by atoms with Crippen molar-refractivity contribution in [3.05, 3.63) is 47.8 Å². The van der Waals surface area contributed by atoms with Gasteiger partial charge in [0.15, 0.2) is 0 Å². The first-order valence-electron chi connectivity index (χ1n) is 5.64. The Morgan fingerprint density at radius 1 is 1.25 bits per heavy atom. The Morgan fingerprint density at radius 2 is 2.12 bits per heavy atom. The molecule has 16 heavy (non-hydrogen) atoms. The molecule has 0 saturated heterocycles. The Kier molecular flexibility index (Phi) is 3.83. The van der Waals surface area contributed by atoms with Crippen molar-refractivity contribution in [1.29, 1.82) is 0 Å². The molecule has 0 spiro atoms. The lowest BCUT2D eigenvalue weighted by Crippen LogP contribution is -2.07. The van der Waals surface area contributed by atoms with E-state index in [2.05, 4.69) is 18.2 Å². The summed E-state index contributed by atoms with van der Waals surface area (Å²) in [5.41, 5.74) is 6.85. The lowest BCUT2D eigenvalue weighted by atomic mass is 10.0. The van der Waals surface area contributed by atoms with E-state index in [1.807, 2.05) is 0 Å². The highest BCUT2D eigenvalue weighted by atomic mass is 16.5. The van der Waals surface area contributed by atoms with Crippen LogP contribution in [0, 0.1) is 0 Å². The number of hydrogen-bond acceptors (Lipinski definition) is 3. The maximum Gasteiger partial charge on any atom is 0.143 e. The zero-order valence-electron chi connectivity index (χ0n) is 9.32. The summed E-state index contributed by atoms with van der Waals surface area (Å²) in [6, 6.07) is 0. The quantitative estimate of drug-likeness (QED) is 0.790. The van der Waals surface area contributed by atoms with Crippen LogP contribution in [-0.4, -0.2) is 6.54 Å². The highest BCUT2D eigenvalue weighted by molar-refractivity contribution is 5.22. The molecule has 0 radical (unpaired) electrons. The first-order valence-corrected chi connectivity index (χ1v) is 5.64. The summed E-state index contributed by atoms with van der Waals surface area (Å²) in [5.74, 6) is 1.68. The average Bonchev–Trinajstić information content (AvgIpc) is 2.31. The maximum atomic E-state index is 5.68. The molecule has 0 aromatic rings. The van der Waals surface area contributed by atoms with Crippen molar-refractivity contribution in [2.45, 2.75) is 25.7 Å². The van der Waals surface area contributed by atoms with Gasteiger partial charge in [-0.2, -0.15) is 0 Å². The molecule has 3 nitrogen and oxygen atoms in total. The summed E-state index contributed by atoms with van der Waals surface area (Å²) in [6.45, 7) is 0.577. The minimum Gasteiger partial charge on any atom is -0.466 e. The average molecular weight is 219 g/mol. The normalized spacial score (nSPS) is 19.2. The minimum absolute atomic E-state index is 0.577. The molecule has 2 aliphatic rings. The van der Waals surface area contributed by atoms with Crippen LogP contribution in [0.5, 0.6) is 0 Å². The van der Waals surface area contributed by atoms with Gasteiger partial charge in [0.05, 0.1) is 0 Å². The Hall–Kier alpha value is -1.48. The third-order valence-electron chi connectivity index (χ3n) is 2.55. The van der Waals surface area contributed by atoms with Crippen LogP contribution in [0.25, 0.3) is 0 Å². The predicted octanol–water partition coefficient (Wildman–Crippen LogP) is 2.73. The standard InChI is InChI=1S/C13H17NO2/c14-7-6-12-9-15-10-13(16-12)8-11-4-2-1-3-5-11/h1-2,4,9-10H,3,5-8,14H2. The van der Waals surface area contributed by atoms with Crippen molar-refractivity contribution in [2.75, 3.05) is 6.54 Å². The minimum atomic E-state index is 0.577. The van der Waals surface area contributed by atoms with E-state index in [4.69, 9.17) is 15.2 Å². The largest absolute Gasteiger partial charge is 0.466 e. The molecule has 0 aromatic carbocycles. The van der Waals surface area contributed by atoms with Crippen LogP contribution in [0.3, 0.4) is 0 Å². The van der Waals surface area contributed by atoms with Gasteiger partial charge in [0, 0.05) is 12.8 Å². The maximum absolute atomic E-state index is 5.68. The molecule has 1 aliphatic heterocycles. The van der Waals surface area contributed by atoms with Crippen molar-refractivity contribution in [2.24, 2.45) is 5.73 Å². The topological polar surface area (TPSA) is 44.5 Å². The van der Waals surface area contributed by atoms with E-state index in [1.54, 1.807) is 12.5 Å². The van der Waals surface area contributed by atoms with Crippen molar-refractivity contribution >= 4 is 0 Å². The van der Waals surface area contributed by atoms with E-state index in [0.717, 1.165) is 37.2 Å². The molecule has 0 bridgehead atoms. The van der Waals surface area contributed by atoms with Gasteiger partial charge in [-0.3, -0.25) is 0 Å². The molecular weight excluding hydrogens is 202 g/mol. The van der Waals surface area contributed by atoms with E-state index in [9.17, 15) is 0 Å². The number of rotatable bonds is 4. The number of ether oxygens (including phenoxy) is 2. The molecule has 1 aliphatic carbocycles. The fourth-order valence-corrected chi connectivity index (χ4v) is 1.76. The van der Waals surface area contributed by atoms with Gasteiger partial charge in [-0.15, -0.1) is 0 Å². The van der Waals surface area contributed by atoms with Gasteiger partial charge < -0.3 is 15.2 Å². The summed E-state index contributed by atoms with van der Waals surface area (Å²) in [7, 11) is 0. The van der Waals surface area contributed by atoms with E-state index < -0.39 is 0 Å². The monoisotopic (exact) mass is 219 g/mol. The Bertz CT molecular complexity index is 364. The van der Waals surface area contributed by atoms with Gasteiger partial charge in [0.25, 0.3) is 0 Å². The van der Waals surface area contributed by atoms with Gasteiger partial charge in [0.2, 0.25) is 0 Å². The van der Waals surface area contributed by atoms with Crippen LogP contribution >= 0.6 is 0 Å². The van der Waals surface area contributed by atoms with Gasteiger partial charge >= 0.3 is 0 Å². The second-order valence-electron chi connectivity index (χ2n) is 3.91. The number of nitrogens with two attached hydrogens (primary N) is 1. The molecule has 86 valence electrons. The van der Waals surface area contributed by atoms with Crippen molar-refractivity contribution < 1.29 is 9.47 Å². The van der Waals surface area contributed by atoms with Crippen molar-refractivity contribution in [3.8, 4) is 0 Å². The van der Waals surface area contributed by atoms with Crippen LogP contribution in [0.4, 0.5) is 0 Å². The molecule has 0 atom stereocenters. The number of hydrogen-bond donors (Lipinski definition) is 1. The third kappa shape index (κ3) is 3.00. The van der Waals surface area contributed by atoms with Crippen LogP contribution in [0.15, 0.2) is 47.8 Å². The molecule has 2 N–H and O–H groups in total. The summed E-state index contributed by atoms with van der Waals surface area (Å²) in [6.07, 6.45) is 13.5. The molecular formula is C13H17NO2. The molecule has 0 fully saturated rings. The van der Waals surface area contributed by atoms with Crippen molar-refractivity contribution in [3.63, 3.8) is 0 Å². The van der Waals surface area contributed by atoms with E-state index >= 15 is 0 Å². The highest BCUT2D eigenvalue weighted by Gasteiger charge is 2.11. The number of allylic oxidation sites excluding steroid dienone is 4. The van der Waals surface area contributed by atoms with E-state index in [-0.39, 0.29) is 0 Å². The van der Waals surface area contributed by atoms with Gasteiger partial charge in [-0.05, 0) is 19.4 Å². The molecule has 1 heterocycles. The first kappa shape index (κ1) is 11.0. The van der Waals surface area contributed by atoms with Crippen LogP contribution in [0.1, 0.15) is 25.7 Å². The summed E-state index contributed by atoms with van der Waals surface area (Å²) in [4.78, 5) is 0. The Balaban J connectivity index is 1.89. The predicted molar refractivity (Wildman–Crippen MR) is 63.1 cm³/mol. The Labute approximate surface area is 95.9 Å². The molecule has 0 amide bonds. The van der Waals surface area contributed by atoms with E-state index in [1.165, 1.54) is 5.57 Å². The zero-order chi connectivity index (χ0) is 11.2. The summed E-state index contributed by atoms with van der Waals surface area (Å²) in [5, 5.41) is 0. The summed E-state index contributed by atoms with van der Waals surface area (Å²) < 4.78 is 10.9. The van der Waals surface area contributed by atoms with Crippen LogP contribution < -0.4 is 5.73 Å². The molecule has 0 saturated carbocycles. The van der Waals surface area contributed by atoms with E-state index in [0.29, 0.717) is 6.54 Å². The fourth-order valence-electron chi connectivity index (χ4n) is 1.76. The van der Waals surface area contributed by atoms with Gasteiger partial charge in [-0.25, -0.2) is 0 Å². The second kappa shape index (κ2) is 5.56. The Morgan fingerprint density at radius 3 is 2.88 bits per heavy atom.